The molecule has 2 aromatic heterocycles. The van der Waals surface area contributed by atoms with Crippen molar-refractivity contribution in [3.63, 3.8) is 0 Å². The lowest BCUT2D eigenvalue weighted by molar-refractivity contribution is 0.660. The van der Waals surface area contributed by atoms with Gasteiger partial charge in [-0.25, -0.2) is 0 Å². The van der Waals surface area contributed by atoms with Crippen molar-refractivity contribution in [2.24, 2.45) is 0 Å². The van der Waals surface area contributed by atoms with Crippen LogP contribution in [-0.2, 0) is 5.41 Å². The predicted octanol–water partition coefficient (Wildman–Crippen LogP) is 19.1. The lowest BCUT2D eigenvalue weighted by atomic mass is 9.82. The van der Waals surface area contributed by atoms with Gasteiger partial charge in [-0.3, -0.25) is 0 Å². The van der Waals surface area contributed by atoms with Crippen LogP contribution in [0.25, 0.3) is 80.7 Å². The van der Waals surface area contributed by atoms with Gasteiger partial charge < -0.3 is 14.4 Å². The molecule has 3 nitrogen and oxygen atoms in total. The van der Waals surface area contributed by atoms with Gasteiger partial charge in [-0.15, -0.1) is 11.3 Å². The van der Waals surface area contributed by atoms with E-state index >= 15 is 0 Å². The van der Waals surface area contributed by atoms with Crippen molar-refractivity contribution in [1.82, 2.24) is 4.57 Å². The van der Waals surface area contributed by atoms with Crippen LogP contribution in [0, 0.1) is 0 Å². The summed E-state index contributed by atoms with van der Waals surface area (Å²) in [6.07, 6.45) is 9.08. The first kappa shape index (κ1) is 41.5. The number of benzene rings is 10. The Morgan fingerprint density at radius 3 is 1.99 bits per heavy atom. The average molecular weight is 928 g/mol. The van der Waals surface area contributed by atoms with Crippen molar-refractivity contribution in [2.45, 2.75) is 32.1 Å². The number of aromatic nitrogens is 1. The number of para-hydroxylation sites is 2. The van der Waals surface area contributed by atoms with Crippen LogP contribution < -0.4 is 9.80 Å². The van der Waals surface area contributed by atoms with Crippen molar-refractivity contribution >= 4 is 92.5 Å². The summed E-state index contributed by atoms with van der Waals surface area (Å²) in [5.41, 5.74) is 17.8. The molecule has 0 fully saturated rings. The number of fused-ring (bicyclic) bond motifs is 10. The Hall–Kier alpha value is -8.44. The van der Waals surface area contributed by atoms with Crippen molar-refractivity contribution in [3.05, 3.63) is 253 Å². The highest BCUT2D eigenvalue weighted by atomic mass is 32.1. The standard InChI is InChI=1S/C67H49N3S/c1-67(2)60-28-14-11-25-54(60)55-35-33-50(43-61(55)67)69(48-22-7-4-8-23-48)52-39-46(38-51(41-52)68(47-20-5-3-6-21-47)49-34-37-66-59(42-49)57-27-13-16-31-65(57)71-66)45-32-36-64-58(40-45)56-26-12-15-29-63(56)70(64)62-30-17-19-44-18-9-10-24-53(44)62/h3,5-7,9-43H,4,8H2,1-2H3. The van der Waals surface area contributed by atoms with Gasteiger partial charge >= 0.3 is 0 Å². The Labute approximate surface area is 418 Å². The minimum absolute atomic E-state index is 0.146. The van der Waals surface area contributed by atoms with Gasteiger partial charge in [0, 0.05) is 75.9 Å². The Bertz CT molecular complexity index is 4160. The van der Waals surface area contributed by atoms with E-state index in [-0.39, 0.29) is 5.41 Å². The number of allylic oxidation sites excluding steroid dienone is 3. The zero-order valence-electron chi connectivity index (χ0n) is 39.7. The second kappa shape index (κ2) is 16.3. The number of rotatable bonds is 8. The fraction of sp³-hybridized carbons (Fsp3) is 0.0746. The lowest BCUT2D eigenvalue weighted by Gasteiger charge is -2.32. The number of anilines is 5. The summed E-state index contributed by atoms with van der Waals surface area (Å²) in [6.45, 7) is 4.76. The predicted molar refractivity (Wildman–Crippen MR) is 304 cm³/mol. The van der Waals surface area contributed by atoms with E-state index in [2.05, 4.69) is 265 Å². The van der Waals surface area contributed by atoms with Crippen LogP contribution in [0.3, 0.4) is 0 Å². The summed E-state index contributed by atoms with van der Waals surface area (Å²) >= 11 is 1.86. The van der Waals surface area contributed by atoms with Crippen molar-refractivity contribution < 1.29 is 0 Å². The summed E-state index contributed by atoms with van der Waals surface area (Å²) in [4.78, 5) is 4.96. The van der Waals surface area contributed by atoms with Gasteiger partial charge in [-0.05, 0) is 149 Å². The molecule has 0 atom stereocenters. The summed E-state index contributed by atoms with van der Waals surface area (Å²) in [5.74, 6) is 0. The Morgan fingerprint density at radius 2 is 1.11 bits per heavy atom. The van der Waals surface area contributed by atoms with Gasteiger partial charge in [-0.2, -0.15) is 0 Å². The molecule has 0 unspecified atom stereocenters. The minimum atomic E-state index is -0.146. The topological polar surface area (TPSA) is 11.4 Å². The first-order valence-electron chi connectivity index (χ1n) is 24.8. The molecule has 2 aliphatic carbocycles. The number of hydrogen-bond acceptors (Lipinski definition) is 3. The molecule has 71 heavy (non-hydrogen) atoms. The maximum absolute atomic E-state index is 2.51. The molecule has 0 N–H and O–H groups in total. The zero-order valence-corrected chi connectivity index (χ0v) is 40.5. The quantitative estimate of drug-likeness (QED) is 0.150. The molecule has 0 spiro atoms. The second-order valence-electron chi connectivity index (χ2n) is 19.6. The molecule has 4 heteroatoms. The molecule has 0 radical (unpaired) electrons. The van der Waals surface area contributed by atoms with E-state index < -0.39 is 0 Å². The second-order valence-corrected chi connectivity index (χ2v) is 20.7. The van der Waals surface area contributed by atoms with Gasteiger partial charge in [0.1, 0.15) is 0 Å². The SMILES string of the molecule is CC1(C)c2ccccc2-c2ccc(N(C3=CCCC=C3)c3cc(-c4ccc5c(c4)c4ccccc4n5-c4cccc5ccccc45)cc(N(c4ccccc4)c4ccc5sc6ccccc6c5c4)c3)cc21. The highest BCUT2D eigenvalue weighted by Crippen LogP contribution is 2.51. The smallest absolute Gasteiger partial charge is 0.0541 e. The summed E-state index contributed by atoms with van der Waals surface area (Å²) < 4.78 is 5.05. The summed E-state index contributed by atoms with van der Waals surface area (Å²) in [7, 11) is 0. The fourth-order valence-corrected chi connectivity index (χ4v) is 12.8. The highest BCUT2D eigenvalue weighted by molar-refractivity contribution is 7.25. The van der Waals surface area contributed by atoms with E-state index in [4.69, 9.17) is 0 Å². The Morgan fingerprint density at radius 1 is 0.423 bits per heavy atom. The molecule has 14 rings (SSSR count). The van der Waals surface area contributed by atoms with Gasteiger partial charge in [0.2, 0.25) is 0 Å². The molecule has 2 heterocycles. The maximum atomic E-state index is 2.51. The third-order valence-electron chi connectivity index (χ3n) is 15.1. The van der Waals surface area contributed by atoms with Crippen LogP contribution in [0.15, 0.2) is 242 Å². The molecule has 0 saturated heterocycles. The molecule has 338 valence electrons. The first-order chi connectivity index (χ1) is 35.0. The molecule has 0 amide bonds. The van der Waals surface area contributed by atoms with Gasteiger partial charge in [0.25, 0.3) is 0 Å². The molecule has 12 aromatic rings. The summed E-state index contributed by atoms with van der Waals surface area (Å²) in [6, 6.07) is 81.4. The van der Waals surface area contributed by atoms with Gasteiger partial charge in [-0.1, -0.05) is 153 Å². The zero-order chi connectivity index (χ0) is 47.2. The van der Waals surface area contributed by atoms with Crippen LogP contribution in [0.5, 0.6) is 0 Å². The van der Waals surface area contributed by atoms with Crippen molar-refractivity contribution in [1.29, 1.82) is 0 Å². The van der Waals surface area contributed by atoms with Crippen LogP contribution >= 0.6 is 11.3 Å². The first-order valence-corrected chi connectivity index (χ1v) is 25.6. The van der Waals surface area contributed by atoms with Crippen LogP contribution in [0.1, 0.15) is 37.8 Å². The third-order valence-corrected chi connectivity index (χ3v) is 16.3. The molecule has 0 bridgehead atoms. The normalized spacial score (nSPS) is 13.8. The number of thiophene rings is 1. The third kappa shape index (κ3) is 6.70. The van der Waals surface area contributed by atoms with E-state index in [1.807, 2.05) is 11.3 Å². The van der Waals surface area contributed by atoms with E-state index in [1.54, 1.807) is 0 Å². The van der Waals surface area contributed by atoms with Crippen LogP contribution in [0.2, 0.25) is 0 Å². The Kier molecular flexibility index (Phi) is 9.55. The molecular formula is C67H49N3S. The molecular weight excluding hydrogens is 879 g/mol. The Balaban J connectivity index is 1.02. The number of nitrogens with zero attached hydrogens (tertiary/aromatic N) is 3. The molecule has 0 aliphatic heterocycles. The van der Waals surface area contributed by atoms with E-state index in [9.17, 15) is 0 Å². The van der Waals surface area contributed by atoms with E-state index in [0.717, 1.165) is 52.4 Å². The molecule has 10 aromatic carbocycles. The monoisotopic (exact) mass is 927 g/mol. The van der Waals surface area contributed by atoms with E-state index in [0.29, 0.717) is 0 Å². The van der Waals surface area contributed by atoms with Gasteiger partial charge in [0.05, 0.1) is 16.7 Å². The largest absolute Gasteiger partial charge is 0.311 e. The fourth-order valence-electron chi connectivity index (χ4n) is 11.8. The minimum Gasteiger partial charge on any atom is -0.311 e. The van der Waals surface area contributed by atoms with Crippen LogP contribution in [-0.4, -0.2) is 4.57 Å². The van der Waals surface area contributed by atoms with Gasteiger partial charge in [0.15, 0.2) is 0 Å². The molecule has 0 saturated carbocycles. The van der Waals surface area contributed by atoms with Crippen molar-refractivity contribution in [3.8, 4) is 27.9 Å². The molecule has 2 aliphatic rings. The van der Waals surface area contributed by atoms with E-state index in [1.165, 1.54) is 86.4 Å². The van der Waals surface area contributed by atoms with Crippen molar-refractivity contribution in [2.75, 3.05) is 9.80 Å². The highest BCUT2D eigenvalue weighted by Gasteiger charge is 2.36. The number of hydrogen-bond donors (Lipinski definition) is 0. The van der Waals surface area contributed by atoms with Crippen LogP contribution in [0.4, 0.5) is 28.4 Å². The maximum Gasteiger partial charge on any atom is 0.0541 e. The lowest BCUT2D eigenvalue weighted by Crippen LogP contribution is -2.19. The summed E-state index contributed by atoms with van der Waals surface area (Å²) in [5, 5.41) is 7.49. The average Bonchev–Trinajstić information content (AvgIpc) is 4.04.